The quantitative estimate of drug-likeness (QED) is 0.757. The van der Waals surface area contributed by atoms with Gasteiger partial charge in [-0.05, 0) is 0 Å². The molecule has 0 amide bonds. The van der Waals surface area contributed by atoms with E-state index in [4.69, 9.17) is 4.74 Å². The number of hydrogen-bond donors (Lipinski definition) is 1. The Labute approximate surface area is 89.8 Å². The predicted octanol–water partition coefficient (Wildman–Crippen LogP) is -0.0916. The highest BCUT2D eigenvalue weighted by Gasteiger charge is 2.16. The fourth-order valence-electron chi connectivity index (χ4n) is 1.77. The number of hydrogen-bond acceptors (Lipinski definition) is 4. The van der Waals surface area contributed by atoms with Crippen LogP contribution in [0.4, 0.5) is 0 Å². The number of morpholine rings is 1. The zero-order chi connectivity index (χ0) is 10.7. The van der Waals surface area contributed by atoms with Gasteiger partial charge in [-0.15, -0.1) is 0 Å². The molecule has 1 aliphatic heterocycles. The summed E-state index contributed by atoms with van der Waals surface area (Å²) >= 11 is 0. The maximum atomic E-state index is 5.41. The van der Waals surface area contributed by atoms with Crippen LogP contribution in [0.15, 0.2) is 0 Å². The Kier molecular flexibility index (Phi) is 3.33. The van der Waals surface area contributed by atoms with Crippen molar-refractivity contribution in [2.45, 2.75) is 25.8 Å². The minimum absolute atomic E-state index is 0.381. The first kappa shape index (κ1) is 10.6. The van der Waals surface area contributed by atoms with Crippen molar-refractivity contribution >= 4 is 0 Å². The van der Waals surface area contributed by atoms with Gasteiger partial charge >= 0.3 is 0 Å². The Hall–Kier alpha value is -0.940. The van der Waals surface area contributed by atoms with Gasteiger partial charge in [0.2, 0.25) is 0 Å². The maximum Gasteiger partial charge on any atom is 0.150 e. The molecule has 1 aromatic rings. The number of aromatic nitrogens is 3. The van der Waals surface area contributed by atoms with E-state index in [0.29, 0.717) is 6.04 Å². The van der Waals surface area contributed by atoms with E-state index in [9.17, 15) is 0 Å². The van der Waals surface area contributed by atoms with E-state index in [2.05, 4.69) is 22.3 Å². The fraction of sp³-hybridized carbons (Fsp3) is 0.800. The van der Waals surface area contributed by atoms with Crippen LogP contribution in [0.5, 0.6) is 0 Å². The van der Waals surface area contributed by atoms with Gasteiger partial charge in [0, 0.05) is 32.5 Å². The Morgan fingerprint density at radius 1 is 1.60 bits per heavy atom. The molecule has 1 unspecified atom stereocenters. The average Bonchev–Trinajstić information content (AvgIpc) is 2.61. The van der Waals surface area contributed by atoms with Gasteiger partial charge in [-0.25, -0.2) is 4.98 Å². The fourth-order valence-corrected chi connectivity index (χ4v) is 1.77. The Morgan fingerprint density at radius 3 is 3.07 bits per heavy atom. The minimum Gasteiger partial charge on any atom is -0.379 e. The van der Waals surface area contributed by atoms with Crippen LogP contribution in [0.2, 0.25) is 0 Å². The van der Waals surface area contributed by atoms with Crippen LogP contribution < -0.4 is 5.32 Å². The van der Waals surface area contributed by atoms with Crippen molar-refractivity contribution in [1.82, 2.24) is 20.1 Å². The highest BCUT2D eigenvalue weighted by molar-refractivity contribution is 4.95. The lowest BCUT2D eigenvalue weighted by molar-refractivity contribution is 0.0761. The molecule has 1 aliphatic rings. The van der Waals surface area contributed by atoms with Crippen molar-refractivity contribution in [3.63, 3.8) is 0 Å². The zero-order valence-corrected chi connectivity index (χ0v) is 9.36. The lowest BCUT2D eigenvalue weighted by Gasteiger charge is -2.23. The number of aryl methyl sites for hydroxylation is 2. The van der Waals surface area contributed by atoms with Crippen LogP contribution in [-0.4, -0.2) is 40.6 Å². The first-order valence-corrected chi connectivity index (χ1v) is 5.49. The minimum atomic E-state index is 0.381. The van der Waals surface area contributed by atoms with Crippen LogP contribution >= 0.6 is 0 Å². The van der Waals surface area contributed by atoms with Crippen molar-refractivity contribution in [3.8, 4) is 0 Å². The largest absolute Gasteiger partial charge is 0.379 e. The van der Waals surface area contributed by atoms with Gasteiger partial charge in [-0.3, -0.25) is 4.68 Å². The molecule has 0 aliphatic carbocycles. The number of rotatable bonds is 3. The molecule has 1 aromatic heterocycles. The summed E-state index contributed by atoms with van der Waals surface area (Å²) in [5, 5.41) is 7.75. The summed E-state index contributed by atoms with van der Waals surface area (Å²) in [5.74, 6) is 1.96. The third-order valence-electron chi connectivity index (χ3n) is 2.64. The van der Waals surface area contributed by atoms with Gasteiger partial charge < -0.3 is 10.1 Å². The van der Waals surface area contributed by atoms with E-state index >= 15 is 0 Å². The number of nitrogens with one attached hydrogen (secondary N) is 1. The summed E-state index contributed by atoms with van der Waals surface area (Å²) in [6.07, 6.45) is 1.78. The van der Waals surface area contributed by atoms with E-state index in [1.807, 2.05) is 11.7 Å². The molecule has 0 spiro atoms. The standard InChI is InChI=1S/C10H18N4O/c1-3-9-12-10(14(2)13-9)6-8-7-15-5-4-11-8/h8,11H,3-7H2,1-2H3. The highest BCUT2D eigenvalue weighted by atomic mass is 16.5. The van der Waals surface area contributed by atoms with Crippen LogP contribution in [0.1, 0.15) is 18.6 Å². The van der Waals surface area contributed by atoms with Crippen molar-refractivity contribution in [3.05, 3.63) is 11.6 Å². The third-order valence-corrected chi connectivity index (χ3v) is 2.64. The maximum absolute atomic E-state index is 5.41. The lowest BCUT2D eigenvalue weighted by Crippen LogP contribution is -2.43. The third kappa shape index (κ3) is 2.54. The van der Waals surface area contributed by atoms with E-state index in [0.717, 1.165) is 44.2 Å². The van der Waals surface area contributed by atoms with Crippen molar-refractivity contribution in [2.75, 3.05) is 19.8 Å². The first-order valence-electron chi connectivity index (χ1n) is 5.49. The van der Waals surface area contributed by atoms with Gasteiger partial charge in [0.25, 0.3) is 0 Å². The lowest BCUT2D eigenvalue weighted by atomic mass is 10.2. The zero-order valence-electron chi connectivity index (χ0n) is 9.36. The summed E-state index contributed by atoms with van der Waals surface area (Å²) < 4.78 is 7.28. The van der Waals surface area contributed by atoms with E-state index in [1.165, 1.54) is 0 Å². The molecule has 0 bridgehead atoms. The highest BCUT2D eigenvalue weighted by Crippen LogP contribution is 2.04. The molecule has 0 saturated carbocycles. The second-order valence-corrected chi connectivity index (χ2v) is 3.85. The molecule has 1 fully saturated rings. The monoisotopic (exact) mass is 210 g/mol. The van der Waals surface area contributed by atoms with Gasteiger partial charge in [-0.2, -0.15) is 5.10 Å². The first-order chi connectivity index (χ1) is 7.29. The molecule has 1 N–H and O–H groups in total. The molecule has 0 radical (unpaired) electrons. The average molecular weight is 210 g/mol. The van der Waals surface area contributed by atoms with Gasteiger partial charge in [0.1, 0.15) is 5.82 Å². The molecule has 1 saturated heterocycles. The van der Waals surface area contributed by atoms with Crippen LogP contribution in [-0.2, 0) is 24.6 Å². The van der Waals surface area contributed by atoms with Gasteiger partial charge in [0.15, 0.2) is 5.82 Å². The summed E-state index contributed by atoms with van der Waals surface area (Å²) in [4.78, 5) is 4.48. The molecule has 15 heavy (non-hydrogen) atoms. The smallest absolute Gasteiger partial charge is 0.150 e. The second kappa shape index (κ2) is 4.72. The molecule has 2 rings (SSSR count). The van der Waals surface area contributed by atoms with Crippen LogP contribution in [0, 0.1) is 0 Å². The van der Waals surface area contributed by atoms with Gasteiger partial charge in [-0.1, -0.05) is 6.92 Å². The number of ether oxygens (including phenoxy) is 1. The molecular formula is C10H18N4O. The van der Waals surface area contributed by atoms with Crippen molar-refractivity contribution in [2.24, 2.45) is 7.05 Å². The molecular weight excluding hydrogens is 192 g/mol. The SMILES string of the molecule is CCc1nc(CC2COCCN2)n(C)n1. The van der Waals surface area contributed by atoms with E-state index in [1.54, 1.807) is 0 Å². The van der Waals surface area contributed by atoms with Crippen LogP contribution in [0.3, 0.4) is 0 Å². The molecule has 0 aromatic carbocycles. The second-order valence-electron chi connectivity index (χ2n) is 3.85. The van der Waals surface area contributed by atoms with Crippen LogP contribution in [0.25, 0.3) is 0 Å². The summed E-state index contributed by atoms with van der Waals surface area (Å²) in [6.45, 7) is 4.59. The Balaban J connectivity index is 1.99. The summed E-state index contributed by atoms with van der Waals surface area (Å²) in [6, 6.07) is 0.381. The number of nitrogens with zero attached hydrogens (tertiary/aromatic N) is 3. The molecule has 2 heterocycles. The summed E-state index contributed by atoms with van der Waals surface area (Å²) in [5.41, 5.74) is 0. The Bertz CT molecular complexity index is 317. The van der Waals surface area contributed by atoms with E-state index < -0.39 is 0 Å². The molecule has 1 atom stereocenters. The molecule has 5 heteroatoms. The summed E-state index contributed by atoms with van der Waals surface area (Å²) in [7, 11) is 1.95. The van der Waals surface area contributed by atoms with Crippen molar-refractivity contribution < 1.29 is 4.74 Å². The van der Waals surface area contributed by atoms with E-state index in [-0.39, 0.29) is 0 Å². The Morgan fingerprint density at radius 2 is 2.47 bits per heavy atom. The molecule has 84 valence electrons. The molecule has 5 nitrogen and oxygen atoms in total. The predicted molar refractivity (Wildman–Crippen MR) is 56.7 cm³/mol. The normalized spacial score (nSPS) is 21.9. The van der Waals surface area contributed by atoms with Gasteiger partial charge in [0.05, 0.1) is 13.2 Å². The van der Waals surface area contributed by atoms with Crippen molar-refractivity contribution in [1.29, 1.82) is 0 Å². The topological polar surface area (TPSA) is 52.0 Å².